The Bertz CT molecular complexity index is 717. The number of fused-ring (bicyclic) bond motifs is 1. The lowest BCUT2D eigenvalue weighted by Crippen LogP contribution is -2.09. The summed E-state index contributed by atoms with van der Waals surface area (Å²) in [5, 5.41) is 0. The molecule has 3 aromatic rings. The van der Waals surface area contributed by atoms with Gasteiger partial charge in [-0.05, 0) is 12.1 Å². The van der Waals surface area contributed by atoms with Crippen molar-refractivity contribution in [2.75, 3.05) is 5.73 Å². The molecule has 98 valence electrons. The Morgan fingerprint density at radius 3 is 2.79 bits per heavy atom. The number of hydrogen-bond acceptors (Lipinski definition) is 3. The van der Waals surface area contributed by atoms with E-state index < -0.39 is 11.6 Å². The smallest absolute Gasteiger partial charge is 0.201 e. The van der Waals surface area contributed by atoms with E-state index in [1.165, 1.54) is 10.6 Å². The molecule has 0 atom stereocenters. The van der Waals surface area contributed by atoms with Gasteiger partial charge in [0.1, 0.15) is 5.52 Å². The highest BCUT2D eigenvalue weighted by atomic mass is 19.2. The highest BCUT2D eigenvalue weighted by Crippen LogP contribution is 2.23. The third-order valence-electron chi connectivity index (χ3n) is 2.97. The van der Waals surface area contributed by atoms with Crippen LogP contribution < -0.4 is 5.73 Å². The van der Waals surface area contributed by atoms with Crippen molar-refractivity contribution in [1.82, 2.24) is 19.1 Å². The lowest BCUT2D eigenvalue weighted by molar-refractivity contribution is 0.508. The van der Waals surface area contributed by atoms with E-state index in [0.717, 1.165) is 6.07 Å². The average Bonchev–Trinajstić information content (AvgIpc) is 2.99. The number of benzene rings is 1. The summed E-state index contributed by atoms with van der Waals surface area (Å²) >= 11 is 0. The Morgan fingerprint density at radius 1 is 1.21 bits per heavy atom. The van der Waals surface area contributed by atoms with Gasteiger partial charge in [0, 0.05) is 25.5 Å². The summed E-state index contributed by atoms with van der Waals surface area (Å²) in [5.74, 6) is -1.66. The molecule has 0 radical (unpaired) electrons. The normalized spacial score (nSPS) is 11.3. The van der Waals surface area contributed by atoms with Gasteiger partial charge in [-0.25, -0.2) is 18.7 Å². The topological polar surface area (TPSA) is 61.7 Å². The molecular weight excluding hydrogens is 252 g/mol. The summed E-state index contributed by atoms with van der Waals surface area (Å²) < 4.78 is 30.4. The van der Waals surface area contributed by atoms with Crippen molar-refractivity contribution in [3.63, 3.8) is 0 Å². The Kier molecular flexibility index (Phi) is 2.66. The van der Waals surface area contributed by atoms with Crippen molar-refractivity contribution in [3.8, 4) is 0 Å². The molecule has 1 aromatic carbocycles. The van der Waals surface area contributed by atoms with Crippen molar-refractivity contribution in [2.24, 2.45) is 0 Å². The van der Waals surface area contributed by atoms with Crippen molar-refractivity contribution >= 4 is 17.0 Å². The first-order chi connectivity index (χ1) is 9.16. The van der Waals surface area contributed by atoms with Crippen LogP contribution in [0.3, 0.4) is 0 Å². The van der Waals surface area contributed by atoms with E-state index >= 15 is 0 Å². The van der Waals surface area contributed by atoms with Crippen LogP contribution in [0, 0.1) is 11.6 Å². The quantitative estimate of drug-likeness (QED) is 0.783. The number of rotatable bonds is 3. The van der Waals surface area contributed by atoms with E-state index in [1.807, 2.05) is 4.57 Å². The first kappa shape index (κ1) is 11.6. The summed E-state index contributed by atoms with van der Waals surface area (Å²) in [6.45, 7) is 0.935. The van der Waals surface area contributed by atoms with E-state index in [2.05, 4.69) is 9.97 Å². The zero-order chi connectivity index (χ0) is 13.4. The number of hydrogen-bond donors (Lipinski definition) is 1. The maximum atomic E-state index is 13.8. The van der Waals surface area contributed by atoms with E-state index in [9.17, 15) is 8.78 Å². The maximum absolute atomic E-state index is 13.8. The number of aryl methyl sites for hydroxylation is 2. The highest BCUT2D eigenvalue weighted by Gasteiger charge is 2.15. The van der Waals surface area contributed by atoms with Gasteiger partial charge in [-0.2, -0.15) is 0 Å². The molecule has 0 amide bonds. The molecule has 7 heteroatoms. The molecule has 0 saturated carbocycles. The summed E-state index contributed by atoms with van der Waals surface area (Å²) in [4.78, 5) is 7.94. The van der Waals surface area contributed by atoms with Crippen molar-refractivity contribution in [2.45, 2.75) is 13.1 Å². The van der Waals surface area contributed by atoms with Gasteiger partial charge >= 0.3 is 0 Å². The van der Waals surface area contributed by atoms with Crippen LogP contribution in [0.4, 0.5) is 14.7 Å². The molecule has 2 heterocycles. The van der Waals surface area contributed by atoms with Crippen molar-refractivity contribution in [3.05, 3.63) is 42.5 Å². The van der Waals surface area contributed by atoms with E-state index in [4.69, 9.17) is 5.73 Å². The molecule has 0 unspecified atom stereocenters. The van der Waals surface area contributed by atoms with Gasteiger partial charge in [0.2, 0.25) is 5.95 Å². The largest absolute Gasteiger partial charge is 0.369 e. The molecule has 0 aliphatic carbocycles. The molecule has 2 aromatic heterocycles. The van der Waals surface area contributed by atoms with E-state index in [-0.39, 0.29) is 11.5 Å². The molecule has 0 aliphatic heterocycles. The Balaban J connectivity index is 2.02. The minimum absolute atomic E-state index is 0.0950. The van der Waals surface area contributed by atoms with Crippen molar-refractivity contribution in [1.29, 1.82) is 0 Å². The lowest BCUT2D eigenvalue weighted by atomic mass is 10.3. The number of nitrogens with two attached hydrogens (primary N) is 1. The van der Waals surface area contributed by atoms with Gasteiger partial charge in [0.25, 0.3) is 0 Å². The number of anilines is 1. The molecule has 0 saturated heterocycles. The number of aromatic nitrogens is 4. The lowest BCUT2D eigenvalue weighted by Gasteiger charge is -2.07. The van der Waals surface area contributed by atoms with Crippen LogP contribution in [0.2, 0.25) is 0 Å². The average molecular weight is 263 g/mol. The standard InChI is InChI=1S/C12H11F2N5/c13-8-1-2-9-11(10(8)14)19(12(15)17-9)6-5-18-4-3-16-7-18/h1-4,7H,5-6H2,(H2,15,17). The number of nitrogen functional groups attached to an aromatic ring is 1. The second-order valence-electron chi connectivity index (χ2n) is 4.15. The second-order valence-corrected chi connectivity index (χ2v) is 4.15. The van der Waals surface area contributed by atoms with Crippen LogP contribution >= 0.6 is 0 Å². The van der Waals surface area contributed by atoms with Gasteiger partial charge in [-0.3, -0.25) is 0 Å². The summed E-state index contributed by atoms with van der Waals surface area (Å²) in [6, 6.07) is 2.46. The summed E-state index contributed by atoms with van der Waals surface area (Å²) in [6.07, 6.45) is 5.08. The number of halogens is 2. The SMILES string of the molecule is Nc1nc2ccc(F)c(F)c2n1CCn1ccnc1. The second kappa shape index (κ2) is 4.34. The van der Waals surface area contributed by atoms with Gasteiger partial charge in [0.15, 0.2) is 11.6 Å². The highest BCUT2D eigenvalue weighted by molar-refractivity contribution is 5.79. The molecule has 5 nitrogen and oxygen atoms in total. The monoisotopic (exact) mass is 263 g/mol. The third-order valence-corrected chi connectivity index (χ3v) is 2.97. The predicted octanol–water partition coefficient (Wildman–Crippen LogP) is 1.79. The predicted molar refractivity (Wildman–Crippen MR) is 66.3 cm³/mol. The third kappa shape index (κ3) is 1.92. The maximum Gasteiger partial charge on any atom is 0.201 e. The van der Waals surface area contributed by atoms with Gasteiger partial charge in [-0.1, -0.05) is 0 Å². The van der Waals surface area contributed by atoms with Gasteiger partial charge in [0.05, 0.1) is 11.8 Å². The Hall–Kier alpha value is -2.44. The molecule has 19 heavy (non-hydrogen) atoms. The molecule has 2 N–H and O–H groups in total. The molecular formula is C12H11F2N5. The van der Waals surface area contributed by atoms with E-state index in [0.29, 0.717) is 18.6 Å². The van der Waals surface area contributed by atoms with Gasteiger partial charge in [-0.15, -0.1) is 0 Å². The number of imidazole rings is 2. The Labute approximate surface area is 107 Å². The first-order valence-electron chi connectivity index (χ1n) is 5.72. The minimum Gasteiger partial charge on any atom is -0.369 e. The van der Waals surface area contributed by atoms with Crippen molar-refractivity contribution < 1.29 is 8.78 Å². The van der Waals surface area contributed by atoms with Crippen LogP contribution in [-0.2, 0) is 13.1 Å². The fraction of sp³-hybridized carbons (Fsp3) is 0.167. The Morgan fingerprint density at radius 2 is 2.05 bits per heavy atom. The summed E-state index contributed by atoms with van der Waals surface area (Å²) in [5.41, 5.74) is 6.19. The summed E-state index contributed by atoms with van der Waals surface area (Å²) in [7, 11) is 0. The molecule has 0 aliphatic rings. The minimum atomic E-state index is -0.924. The van der Waals surface area contributed by atoms with E-state index in [1.54, 1.807) is 18.7 Å². The molecule has 0 bridgehead atoms. The molecule has 3 rings (SSSR count). The molecule has 0 spiro atoms. The zero-order valence-corrected chi connectivity index (χ0v) is 9.92. The van der Waals surface area contributed by atoms with Crippen LogP contribution in [0.25, 0.3) is 11.0 Å². The number of nitrogens with zero attached hydrogens (tertiary/aromatic N) is 4. The van der Waals surface area contributed by atoms with Crippen LogP contribution in [0.1, 0.15) is 0 Å². The van der Waals surface area contributed by atoms with Crippen LogP contribution in [0.15, 0.2) is 30.9 Å². The molecule has 0 fully saturated rings. The van der Waals surface area contributed by atoms with Crippen LogP contribution in [-0.4, -0.2) is 19.1 Å². The zero-order valence-electron chi connectivity index (χ0n) is 9.92. The van der Waals surface area contributed by atoms with Gasteiger partial charge < -0.3 is 14.9 Å². The fourth-order valence-electron chi connectivity index (χ4n) is 2.04. The fourth-order valence-corrected chi connectivity index (χ4v) is 2.04. The van der Waals surface area contributed by atoms with Crippen LogP contribution in [0.5, 0.6) is 0 Å². The first-order valence-corrected chi connectivity index (χ1v) is 5.72.